The number of alkyl halides is 1. The van der Waals surface area contributed by atoms with Crippen LogP contribution in [0.2, 0.25) is 0 Å². The molecule has 2 amide bonds. The van der Waals surface area contributed by atoms with Crippen molar-refractivity contribution in [3.63, 3.8) is 0 Å². The van der Waals surface area contributed by atoms with Crippen LogP contribution in [0.3, 0.4) is 0 Å². The van der Waals surface area contributed by atoms with E-state index in [1.54, 1.807) is 0 Å². The minimum Gasteiger partial charge on any atom is -0.387 e. The number of carbonyl (C=O) groups is 2. The topological polar surface area (TPSA) is 125 Å². The lowest BCUT2D eigenvalue weighted by Gasteiger charge is -2.40. The number of likely N-dealkylation sites (tertiary alicyclic amines) is 1. The molecule has 6 unspecified atom stereocenters. The Labute approximate surface area is 190 Å². The van der Waals surface area contributed by atoms with Gasteiger partial charge in [-0.15, -0.1) is 0 Å². The van der Waals surface area contributed by atoms with Gasteiger partial charge in [0.1, 0.15) is 6.17 Å². The van der Waals surface area contributed by atoms with Crippen LogP contribution in [0.4, 0.5) is 4.39 Å². The van der Waals surface area contributed by atoms with E-state index in [9.17, 15) is 14.0 Å². The van der Waals surface area contributed by atoms with E-state index in [4.69, 9.17) is 16.9 Å². The number of hydrogen-bond donors (Lipinski definition) is 4. The van der Waals surface area contributed by atoms with Crippen LogP contribution >= 0.6 is 0 Å². The van der Waals surface area contributed by atoms with Crippen LogP contribution < -0.4 is 16.8 Å². The monoisotopic (exact) mass is 449 g/mol. The van der Waals surface area contributed by atoms with Gasteiger partial charge in [0.2, 0.25) is 11.8 Å². The molecule has 4 rings (SSSR count). The van der Waals surface area contributed by atoms with Crippen LogP contribution in [0.5, 0.6) is 0 Å². The van der Waals surface area contributed by atoms with Gasteiger partial charge >= 0.3 is 0 Å². The number of rotatable bonds is 6. The second-order valence-corrected chi connectivity index (χ2v) is 10.8. The number of amidine groups is 1. The highest BCUT2D eigenvalue weighted by atomic mass is 19.1. The van der Waals surface area contributed by atoms with Crippen molar-refractivity contribution in [3.8, 4) is 0 Å². The molecule has 1 aliphatic heterocycles. The summed E-state index contributed by atoms with van der Waals surface area (Å²) in [5.74, 6) is 1.08. The molecule has 6 N–H and O–H groups in total. The molecular formula is C24H40FN5O2. The van der Waals surface area contributed by atoms with E-state index in [0.29, 0.717) is 24.7 Å². The summed E-state index contributed by atoms with van der Waals surface area (Å²) in [6.07, 6.45) is 9.08. The highest BCUT2D eigenvalue weighted by Gasteiger charge is 2.48. The van der Waals surface area contributed by atoms with E-state index < -0.39 is 6.17 Å². The largest absolute Gasteiger partial charge is 0.387 e. The second kappa shape index (κ2) is 10.1. The van der Waals surface area contributed by atoms with E-state index in [-0.39, 0.29) is 47.6 Å². The molecule has 4 aliphatic rings. The van der Waals surface area contributed by atoms with E-state index >= 15 is 0 Å². The van der Waals surface area contributed by atoms with Crippen molar-refractivity contribution in [2.24, 2.45) is 35.1 Å². The number of primary amides is 1. The maximum absolute atomic E-state index is 13.9. The van der Waals surface area contributed by atoms with Gasteiger partial charge in [-0.3, -0.25) is 19.9 Å². The third kappa shape index (κ3) is 5.26. The summed E-state index contributed by atoms with van der Waals surface area (Å²) in [6, 6.07) is 0.0128. The van der Waals surface area contributed by atoms with Crippen LogP contribution in [0, 0.1) is 29.1 Å². The van der Waals surface area contributed by atoms with Crippen molar-refractivity contribution in [1.82, 2.24) is 10.2 Å². The Morgan fingerprint density at radius 1 is 0.938 bits per heavy atom. The summed E-state index contributed by atoms with van der Waals surface area (Å²) < 4.78 is 13.9. The summed E-state index contributed by atoms with van der Waals surface area (Å²) >= 11 is 0. The number of hydrogen-bond acceptors (Lipinski definition) is 4. The minimum atomic E-state index is -0.812. The normalized spacial score (nSPS) is 40.4. The molecule has 6 atom stereocenters. The van der Waals surface area contributed by atoms with Gasteiger partial charge in [0.15, 0.2) is 0 Å². The summed E-state index contributed by atoms with van der Waals surface area (Å²) in [4.78, 5) is 27.3. The van der Waals surface area contributed by atoms with E-state index in [2.05, 4.69) is 10.2 Å². The highest BCUT2D eigenvalue weighted by molar-refractivity contribution is 5.83. The molecule has 0 aromatic rings. The zero-order chi connectivity index (χ0) is 22.8. The molecule has 3 aliphatic carbocycles. The van der Waals surface area contributed by atoms with Gasteiger partial charge in [-0.2, -0.15) is 0 Å². The third-order valence-electron chi connectivity index (χ3n) is 8.73. The first-order valence-corrected chi connectivity index (χ1v) is 12.6. The maximum Gasteiger partial charge on any atom is 0.237 e. The Hall–Kier alpha value is -1.70. The number of carbonyl (C=O) groups excluding carboxylic acids is 2. The van der Waals surface area contributed by atoms with E-state index in [1.165, 1.54) is 0 Å². The van der Waals surface area contributed by atoms with Gasteiger partial charge in [0, 0.05) is 30.5 Å². The molecule has 8 heteroatoms. The Kier molecular flexibility index (Phi) is 7.37. The average molecular weight is 450 g/mol. The average Bonchev–Trinajstić information content (AvgIpc) is 3.12. The predicted octanol–water partition coefficient (Wildman–Crippen LogP) is 2.47. The number of halogens is 1. The fourth-order valence-electron chi connectivity index (χ4n) is 6.83. The molecule has 32 heavy (non-hydrogen) atoms. The molecule has 0 radical (unpaired) electrons. The fraction of sp³-hybridized carbons (Fsp3) is 0.875. The lowest BCUT2D eigenvalue weighted by atomic mass is 9.77. The molecular weight excluding hydrogens is 409 g/mol. The summed E-state index contributed by atoms with van der Waals surface area (Å²) in [5, 5.41) is 11.1. The van der Waals surface area contributed by atoms with Gasteiger partial charge < -0.3 is 16.8 Å². The zero-order valence-electron chi connectivity index (χ0n) is 19.1. The quantitative estimate of drug-likeness (QED) is 0.367. The van der Waals surface area contributed by atoms with Crippen LogP contribution in [-0.2, 0) is 9.59 Å². The lowest BCUT2D eigenvalue weighted by Crippen LogP contribution is -2.52. The molecule has 0 aromatic heterocycles. The summed E-state index contributed by atoms with van der Waals surface area (Å²) in [7, 11) is 0. The standard InChI is InChI=1S/C24H40FN5O2/c25-18-2-1-3-19(12-18)29-24(32)21-10-16-8-9-17(22(26)27)11-20(16)30(21)13-14-4-6-15(7-5-14)23(28)31/h14-21H,1-13H2,(H3,26,27)(H2,28,31)(H,29,32). The number of fused-ring (bicyclic) bond motifs is 1. The fourth-order valence-corrected chi connectivity index (χ4v) is 6.83. The number of amides is 2. The molecule has 3 saturated carbocycles. The van der Waals surface area contributed by atoms with Crippen molar-refractivity contribution in [2.75, 3.05) is 6.54 Å². The Morgan fingerprint density at radius 2 is 1.66 bits per heavy atom. The molecule has 1 saturated heterocycles. The van der Waals surface area contributed by atoms with Gasteiger partial charge in [0.05, 0.1) is 11.9 Å². The summed E-state index contributed by atoms with van der Waals surface area (Å²) in [5.41, 5.74) is 11.4. The van der Waals surface area contributed by atoms with Crippen LogP contribution in [-0.4, -0.2) is 53.4 Å². The molecule has 0 aromatic carbocycles. The third-order valence-corrected chi connectivity index (χ3v) is 8.73. The predicted molar refractivity (Wildman–Crippen MR) is 122 cm³/mol. The lowest BCUT2D eigenvalue weighted by molar-refractivity contribution is -0.127. The highest BCUT2D eigenvalue weighted by Crippen LogP contribution is 2.43. The Balaban J connectivity index is 1.44. The number of nitrogens with two attached hydrogens (primary N) is 2. The number of nitrogens with one attached hydrogen (secondary N) is 2. The van der Waals surface area contributed by atoms with Gasteiger partial charge in [-0.1, -0.05) is 0 Å². The maximum atomic E-state index is 13.9. The van der Waals surface area contributed by atoms with Crippen molar-refractivity contribution < 1.29 is 14.0 Å². The zero-order valence-corrected chi connectivity index (χ0v) is 19.1. The molecule has 0 spiro atoms. The summed E-state index contributed by atoms with van der Waals surface area (Å²) in [6.45, 7) is 0.839. The van der Waals surface area contributed by atoms with Crippen LogP contribution in [0.1, 0.15) is 77.0 Å². The van der Waals surface area contributed by atoms with Crippen molar-refractivity contribution in [3.05, 3.63) is 0 Å². The number of nitrogens with zero attached hydrogens (tertiary/aromatic N) is 1. The van der Waals surface area contributed by atoms with Crippen LogP contribution in [0.15, 0.2) is 0 Å². The Morgan fingerprint density at radius 3 is 2.31 bits per heavy atom. The molecule has 180 valence electrons. The minimum absolute atomic E-state index is 0.0200. The Bertz CT molecular complexity index is 711. The van der Waals surface area contributed by atoms with Gasteiger partial charge in [0.25, 0.3) is 0 Å². The molecule has 7 nitrogen and oxygen atoms in total. The second-order valence-electron chi connectivity index (χ2n) is 10.8. The first kappa shape index (κ1) is 23.5. The first-order valence-electron chi connectivity index (χ1n) is 12.6. The smallest absolute Gasteiger partial charge is 0.237 e. The van der Waals surface area contributed by atoms with Crippen molar-refractivity contribution in [2.45, 2.75) is 101 Å². The molecule has 1 heterocycles. The van der Waals surface area contributed by atoms with E-state index in [1.807, 2.05) is 0 Å². The van der Waals surface area contributed by atoms with Gasteiger partial charge in [-0.25, -0.2) is 4.39 Å². The van der Waals surface area contributed by atoms with Gasteiger partial charge in [-0.05, 0) is 88.9 Å². The molecule has 0 bridgehead atoms. The SMILES string of the molecule is N=C(N)C1CCC2CC(C(=O)NC3CCCC(F)C3)N(CC3CCC(C(N)=O)CC3)C2C1. The first-order chi connectivity index (χ1) is 15.3. The van der Waals surface area contributed by atoms with E-state index in [0.717, 1.165) is 70.8 Å². The van der Waals surface area contributed by atoms with Crippen LogP contribution in [0.25, 0.3) is 0 Å². The van der Waals surface area contributed by atoms with Crippen molar-refractivity contribution >= 4 is 17.6 Å². The molecule has 4 fully saturated rings. The van der Waals surface area contributed by atoms with Crippen molar-refractivity contribution in [1.29, 1.82) is 5.41 Å².